The largest absolute Gasteiger partial charge is 0.507 e. The van der Waals surface area contributed by atoms with E-state index in [0.29, 0.717) is 11.2 Å². The number of Topliss-reactive ketones (excluding diaryl/α,β-unsaturated/α-hetero) is 1. The number of benzene rings is 1. The lowest BCUT2D eigenvalue weighted by molar-refractivity contribution is -0.199. The van der Waals surface area contributed by atoms with Gasteiger partial charge < -0.3 is 34.5 Å². The van der Waals surface area contributed by atoms with Gasteiger partial charge in [-0.3, -0.25) is 13.9 Å². The Morgan fingerprint density at radius 2 is 1.97 bits per heavy atom. The van der Waals surface area contributed by atoms with Gasteiger partial charge in [0.1, 0.15) is 42.1 Å². The highest BCUT2D eigenvalue weighted by atomic mass is 31.2. The molecule has 186 valence electrons. The van der Waals surface area contributed by atoms with Gasteiger partial charge in [0.2, 0.25) is 0 Å². The fraction of sp³-hybridized carbons (Fsp3) is 0.429. The molecule has 1 aromatic carbocycles. The molecule has 1 unspecified atom stereocenters. The lowest BCUT2D eigenvalue weighted by Crippen LogP contribution is -2.32. The summed E-state index contributed by atoms with van der Waals surface area (Å²) < 4.78 is 37.7. The first kappa shape index (κ1) is 23.8. The third kappa shape index (κ3) is 4.54. The molecule has 2 aliphatic heterocycles. The van der Waals surface area contributed by atoms with Crippen LogP contribution in [0.2, 0.25) is 0 Å². The number of rotatable bonds is 7. The summed E-state index contributed by atoms with van der Waals surface area (Å²) >= 11 is 0. The van der Waals surface area contributed by atoms with Crippen LogP contribution < -0.4 is 5.73 Å². The summed E-state index contributed by atoms with van der Waals surface area (Å²) in [4.78, 5) is 35.2. The highest BCUT2D eigenvalue weighted by Crippen LogP contribution is 2.47. The van der Waals surface area contributed by atoms with Gasteiger partial charge in [-0.2, -0.15) is 0 Å². The molecule has 5 rings (SSSR count). The number of nitrogens with two attached hydrogens (primary N) is 1. The van der Waals surface area contributed by atoms with Crippen molar-refractivity contribution in [3.8, 4) is 5.75 Å². The van der Waals surface area contributed by atoms with Crippen LogP contribution in [0.1, 0.15) is 30.4 Å². The van der Waals surface area contributed by atoms with Crippen LogP contribution in [-0.2, 0) is 23.3 Å². The molecule has 0 bridgehead atoms. The van der Waals surface area contributed by atoms with E-state index >= 15 is 0 Å². The lowest BCUT2D eigenvalue weighted by Gasteiger charge is -2.25. The Hall–Kier alpha value is -2.93. The summed E-state index contributed by atoms with van der Waals surface area (Å²) in [5, 5.41) is 9.84. The zero-order valence-corrected chi connectivity index (χ0v) is 19.7. The number of aromatic nitrogens is 4. The molecule has 5 atom stereocenters. The van der Waals surface area contributed by atoms with E-state index in [1.54, 1.807) is 30.5 Å². The second-order valence-corrected chi connectivity index (χ2v) is 10.6. The van der Waals surface area contributed by atoms with Crippen molar-refractivity contribution >= 4 is 30.4 Å². The molecule has 4 N–H and O–H groups in total. The predicted molar refractivity (Wildman–Crippen MR) is 121 cm³/mol. The van der Waals surface area contributed by atoms with Crippen LogP contribution in [0.25, 0.3) is 11.2 Å². The van der Waals surface area contributed by atoms with E-state index in [9.17, 15) is 19.4 Å². The molecule has 2 aromatic heterocycles. The number of para-hydroxylation sites is 1. The second-order valence-electron chi connectivity index (χ2n) is 8.74. The van der Waals surface area contributed by atoms with Crippen LogP contribution in [0.15, 0.2) is 36.9 Å². The molecule has 0 amide bonds. The molecule has 0 radical (unpaired) electrons. The number of phenolic OH excluding ortho intramolecular Hbond substituents is 1. The summed E-state index contributed by atoms with van der Waals surface area (Å²) in [5.74, 6) is -1.73. The lowest BCUT2D eigenvalue weighted by atomic mass is 10.1. The van der Waals surface area contributed by atoms with Crippen molar-refractivity contribution in [3.63, 3.8) is 0 Å². The maximum absolute atomic E-state index is 12.7. The number of hydrogen-bond donors (Lipinski definition) is 3. The Bertz CT molecular complexity index is 1330. The molecule has 3 aromatic rings. The first-order valence-electron chi connectivity index (χ1n) is 10.8. The zero-order chi connectivity index (χ0) is 25.0. The number of carbonyl (C=O) groups is 1. The van der Waals surface area contributed by atoms with Gasteiger partial charge >= 0.3 is 7.60 Å². The van der Waals surface area contributed by atoms with Crippen molar-refractivity contribution in [1.29, 1.82) is 0 Å². The van der Waals surface area contributed by atoms with Crippen molar-refractivity contribution in [1.82, 2.24) is 19.5 Å². The smallest absolute Gasteiger partial charge is 0.335 e. The zero-order valence-electron chi connectivity index (χ0n) is 18.8. The van der Waals surface area contributed by atoms with Crippen LogP contribution in [0, 0.1) is 0 Å². The van der Waals surface area contributed by atoms with Crippen LogP contribution in [0.5, 0.6) is 5.75 Å². The second kappa shape index (κ2) is 8.63. The summed E-state index contributed by atoms with van der Waals surface area (Å²) in [7, 11) is -4.37. The minimum Gasteiger partial charge on any atom is -0.507 e. The molecule has 0 aliphatic carbocycles. The normalized spacial score (nSPS) is 27.1. The van der Waals surface area contributed by atoms with Crippen LogP contribution in [-0.4, -0.2) is 72.2 Å². The first-order chi connectivity index (χ1) is 16.5. The molecule has 0 saturated carbocycles. The van der Waals surface area contributed by atoms with Gasteiger partial charge in [0.05, 0.1) is 18.5 Å². The number of phenols is 1. The SMILES string of the molecule is CC1(C)O[C@@H]2[C@H](O1)[C@@H](COP(=O)(O)CC(=O)c1ccccc1O)O[C@H]2n1cnc2c(N)ncnc21. The summed E-state index contributed by atoms with van der Waals surface area (Å²) in [6.45, 7) is 3.14. The number of fused-ring (bicyclic) bond motifs is 2. The van der Waals surface area contributed by atoms with E-state index in [-0.39, 0.29) is 23.7 Å². The summed E-state index contributed by atoms with van der Waals surface area (Å²) in [6.07, 6.45) is -0.784. The van der Waals surface area contributed by atoms with Gasteiger partial charge in [-0.25, -0.2) is 15.0 Å². The molecule has 2 fully saturated rings. The molecule has 4 heterocycles. The number of ketones is 1. The Balaban J connectivity index is 1.33. The molecule has 35 heavy (non-hydrogen) atoms. The van der Waals surface area contributed by atoms with Crippen molar-refractivity contribution < 1.29 is 38.1 Å². The standard InChI is InChI=1S/C21H24N5O8P/c1-21(2)33-16-14(7-31-35(29,30)8-13(28)11-5-3-4-6-12(11)27)32-20(17(16)34-21)26-10-25-15-18(22)23-9-24-19(15)26/h3-6,9-10,14,16-17,20,27H,7-8H2,1-2H3,(H,29,30)(H2,22,23,24)/t14-,16-,17-,20-/m1/s1. The van der Waals surface area contributed by atoms with Crippen molar-refractivity contribution in [2.45, 2.75) is 44.2 Å². The Labute approximate surface area is 199 Å². The molecule has 2 aliphatic rings. The average molecular weight is 505 g/mol. The van der Waals surface area contributed by atoms with Crippen molar-refractivity contribution in [2.24, 2.45) is 0 Å². The topological polar surface area (TPSA) is 181 Å². The molecule has 13 nitrogen and oxygen atoms in total. The minimum atomic E-state index is -4.37. The third-order valence-electron chi connectivity index (χ3n) is 5.77. The highest BCUT2D eigenvalue weighted by molar-refractivity contribution is 7.53. The number of imidazole rings is 1. The molecule has 2 saturated heterocycles. The van der Waals surface area contributed by atoms with E-state index in [1.807, 2.05) is 0 Å². The van der Waals surface area contributed by atoms with Gasteiger partial charge in [-0.15, -0.1) is 0 Å². The fourth-order valence-corrected chi connectivity index (χ4v) is 5.29. The van der Waals surface area contributed by atoms with E-state index in [2.05, 4.69) is 15.0 Å². The number of ether oxygens (including phenoxy) is 3. The number of nitrogens with zero attached hydrogens (tertiary/aromatic N) is 4. The summed E-state index contributed by atoms with van der Waals surface area (Å²) in [5.41, 5.74) is 6.65. The van der Waals surface area contributed by atoms with Gasteiger partial charge in [-0.05, 0) is 26.0 Å². The molecule has 0 spiro atoms. The quantitative estimate of drug-likeness (QED) is 0.312. The van der Waals surface area contributed by atoms with E-state index < -0.39 is 49.9 Å². The first-order valence-corrected chi connectivity index (χ1v) is 12.5. The molecular formula is C21H24N5O8P. The molecular weight excluding hydrogens is 481 g/mol. The van der Waals surface area contributed by atoms with Gasteiger partial charge in [0.15, 0.2) is 29.3 Å². The van der Waals surface area contributed by atoms with Crippen LogP contribution in [0.3, 0.4) is 0 Å². The predicted octanol–water partition coefficient (Wildman–Crippen LogP) is 1.62. The van der Waals surface area contributed by atoms with E-state index in [4.69, 9.17) is 24.5 Å². The minimum absolute atomic E-state index is 0.0647. The Kier molecular flexibility index (Phi) is 5.86. The van der Waals surface area contributed by atoms with Gasteiger partial charge in [0.25, 0.3) is 0 Å². The van der Waals surface area contributed by atoms with Gasteiger partial charge in [-0.1, -0.05) is 12.1 Å². The van der Waals surface area contributed by atoms with Crippen molar-refractivity contribution in [3.05, 3.63) is 42.5 Å². The van der Waals surface area contributed by atoms with Crippen molar-refractivity contribution in [2.75, 3.05) is 18.5 Å². The molecule has 14 heteroatoms. The Morgan fingerprint density at radius 1 is 1.23 bits per heavy atom. The number of hydrogen-bond acceptors (Lipinski definition) is 11. The maximum atomic E-state index is 12.7. The number of anilines is 1. The highest BCUT2D eigenvalue weighted by Gasteiger charge is 2.56. The van der Waals surface area contributed by atoms with Crippen LogP contribution in [0.4, 0.5) is 5.82 Å². The summed E-state index contributed by atoms with van der Waals surface area (Å²) in [6, 6.07) is 5.77. The number of aromatic hydroxyl groups is 1. The van der Waals surface area contributed by atoms with E-state index in [1.165, 1.54) is 24.8 Å². The number of carbonyl (C=O) groups excluding carboxylic acids is 1. The van der Waals surface area contributed by atoms with Crippen LogP contribution >= 0.6 is 7.60 Å². The number of nitrogen functional groups attached to an aromatic ring is 1. The average Bonchev–Trinajstić information content (AvgIpc) is 3.44. The maximum Gasteiger partial charge on any atom is 0.335 e. The van der Waals surface area contributed by atoms with Gasteiger partial charge in [0, 0.05) is 0 Å². The third-order valence-corrected chi connectivity index (χ3v) is 7.01. The fourth-order valence-electron chi connectivity index (χ4n) is 4.29. The monoisotopic (exact) mass is 505 g/mol. The Morgan fingerprint density at radius 3 is 2.74 bits per heavy atom. The van der Waals surface area contributed by atoms with E-state index in [0.717, 1.165) is 0 Å².